The lowest BCUT2D eigenvalue weighted by Crippen LogP contribution is -2.03. The Morgan fingerprint density at radius 1 is 0.900 bits per heavy atom. The van der Waals surface area contributed by atoms with Gasteiger partial charge in [0.25, 0.3) is 0 Å². The van der Waals surface area contributed by atoms with Gasteiger partial charge in [0.1, 0.15) is 0 Å². The highest BCUT2D eigenvalue weighted by molar-refractivity contribution is 7.22. The molecule has 0 atom stereocenters. The molecule has 3 rings (SSSR count). The second-order valence-electron chi connectivity index (χ2n) is 4.73. The molecule has 0 aliphatic rings. The van der Waals surface area contributed by atoms with E-state index in [1.54, 1.807) is 11.3 Å². The summed E-state index contributed by atoms with van der Waals surface area (Å²) in [7, 11) is 0. The van der Waals surface area contributed by atoms with Gasteiger partial charge in [-0.25, -0.2) is 0 Å². The number of aryl methyl sites for hydroxylation is 1. The van der Waals surface area contributed by atoms with Gasteiger partial charge in [-0.05, 0) is 47.7 Å². The van der Waals surface area contributed by atoms with Crippen molar-refractivity contribution in [3.63, 3.8) is 0 Å². The zero-order valence-corrected chi connectivity index (χ0v) is 11.5. The monoisotopic (exact) mass is 292 g/mol. The Morgan fingerprint density at radius 2 is 1.60 bits per heavy atom. The van der Waals surface area contributed by atoms with E-state index in [2.05, 4.69) is 6.07 Å². The van der Waals surface area contributed by atoms with Crippen LogP contribution in [-0.2, 0) is 6.18 Å². The molecule has 0 unspecified atom stereocenters. The van der Waals surface area contributed by atoms with Crippen molar-refractivity contribution in [2.24, 2.45) is 0 Å². The molecule has 0 radical (unpaired) electrons. The maximum atomic E-state index is 12.5. The number of alkyl halides is 3. The van der Waals surface area contributed by atoms with Crippen LogP contribution in [0.5, 0.6) is 0 Å². The topological polar surface area (TPSA) is 0 Å². The van der Waals surface area contributed by atoms with Gasteiger partial charge in [-0.2, -0.15) is 13.2 Å². The van der Waals surface area contributed by atoms with E-state index < -0.39 is 11.7 Å². The quantitative estimate of drug-likeness (QED) is 0.524. The molecule has 4 heteroatoms. The summed E-state index contributed by atoms with van der Waals surface area (Å²) >= 11 is 1.60. The average Bonchev–Trinajstić information content (AvgIpc) is 2.80. The second-order valence-corrected chi connectivity index (χ2v) is 5.81. The lowest BCUT2D eigenvalue weighted by atomic mass is 10.1. The molecule has 20 heavy (non-hydrogen) atoms. The Bertz CT molecular complexity index is 751. The summed E-state index contributed by atoms with van der Waals surface area (Å²) in [4.78, 5) is 0.985. The molecule has 0 fully saturated rings. The fraction of sp³-hybridized carbons (Fsp3) is 0.125. The lowest BCUT2D eigenvalue weighted by Gasteiger charge is -2.06. The van der Waals surface area contributed by atoms with Crippen LogP contribution in [-0.4, -0.2) is 0 Å². The zero-order valence-electron chi connectivity index (χ0n) is 10.7. The second kappa shape index (κ2) is 4.63. The molecule has 102 valence electrons. The summed E-state index contributed by atoms with van der Waals surface area (Å²) in [5, 5.41) is 1.12. The largest absolute Gasteiger partial charge is 0.416 e. The summed E-state index contributed by atoms with van der Waals surface area (Å²) in [6.07, 6.45) is -4.28. The third-order valence-electron chi connectivity index (χ3n) is 3.17. The molecule has 1 aromatic heterocycles. The Labute approximate surface area is 118 Å². The van der Waals surface area contributed by atoms with Crippen LogP contribution in [0.1, 0.15) is 11.1 Å². The van der Waals surface area contributed by atoms with Gasteiger partial charge < -0.3 is 0 Å². The minimum absolute atomic E-state index is 0.613. The SMILES string of the molecule is Cc1ccc2cc(-c3ccc(C(F)(F)F)cc3)sc2c1. The molecule has 1 heterocycles. The molecule has 0 spiro atoms. The van der Waals surface area contributed by atoms with Crippen molar-refractivity contribution in [2.45, 2.75) is 13.1 Å². The minimum atomic E-state index is -4.28. The molecule has 0 saturated carbocycles. The predicted octanol–water partition coefficient (Wildman–Crippen LogP) is 5.90. The van der Waals surface area contributed by atoms with Gasteiger partial charge >= 0.3 is 6.18 Å². The first-order valence-electron chi connectivity index (χ1n) is 6.11. The van der Waals surface area contributed by atoms with E-state index in [4.69, 9.17) is 0 Å². The Hall–Kier alpha value is -1.81. The molecule has 0 bridgehead atoms. The van der Waals surface area contributed by atoms with Crippen molar-refractivity contribution in [1.29, 1.82) is 0 Å². The Morgan fingerprint density at radius 3 is 2.25 bits per heavy atom. The van der Waals surface area contributed by atoms with Gasteiger partial charge in [0.2, 0.25) is 0 Å². The van der Waals surface area contributed by atoms with Crippen LogP contribution in [0.4, 0.5) is 13.2 Å². The van der Waals surface area contributed by atoms with Crippen LogP contribution in [0, 0.1) is 6.92 Å². The highest BCUT2D eigenvalue weighted by Crippen LogP contribution is 2.36. The molecule has 2 aromatic carbocycles. The zero-order chi connectivity index (χ0) is 14.3. The Balaban J connectivity index is 2.02. The fourth-order valence-corrected chi connectivity index (χ4v) is 3.27. The van der Waals surface area contributed by atoms with Crippen molar-refractivity contribution >= 4 is 21.4 Å². The van der Waals surface area contributed by atoms with Gasteiger partial charge in [0.15, 0.2) is 0 Å². The van der Waals surface area contributed by atoms with Crippen molar-refractivity contribution in [2.75, 3.05) is 0 Å². The van der Waals surface area contributed by atoms with Crippen LogP contribution in [0.25, 0.3) is 20.5 Å². The van der Waals surface area contributed by atoms with E-state index in [0.29, 0.717) is 0 Å². The third-order valence-corrected chi connectivity index (χ3v) is 4.32. The van der Waals surface area contributed by atoms with Crippen LogP contribution >= 0.6 is 11.3 Å². The first-order chi connectivity index (χ1) is 9.43. The lowest BCUT2D eigenvalue weighted by molar-refractivity contribution is -0.137. The molecular weight excluding hydrogens is 281 g/mol. The number of rotatable bonds is 1. The van der Waals surface area contributed by atoms with E-state index in [9.17, 15) is 13.2 Å². The number of benzene rings is 2. The molecule has 3 aromatic rings. The number of fused-ring (bicyclic) bond motifs is 1. The predicted molar refractivity (Wildman–Crippen MR) is 77.0 cm³/mol. The average molecular weight is 292 g/mol. The van der Waals surface area contributed by atoms with Crippen LogP contribution in [0.2, 0.25) is 0 Å². The van der Waals surface area contributed by atoms with Crippen LogP contribution < -0.4 is 0 Å². The Kier molecular flexibility index (Phi) is 3.05. The smallest absolute Gasteiger partial charge is 0.166 e. The van der Waals surface area contributed by atoms with E-state index in [-0.39, 0.29) is 0 Å². The summed E-state index contributed by atoms with van der Waals surface area (Å²) in [6, 6.07) is 13.5. The third kappa shape index (κ3) is 2.43. The molecule has 0 saturated heterocycles. The van der Waals surface area contributed by atoms with Gasteiger partial charge in [-0.3, -0.25) is 0 Å². The van der Waals surface area contributed by atoms with Gasteiger partial charge in [0, 0.05) is 9.58 Å². The van der Waals surface area contributed by atoms with E-state index in [0.717, 1.165) is 32.7 Å². The van der Waals surface area contributed by atoms with Crippen molar-refractivity contribution in [1.82, 2.24) is 0 Å². The molecule has 0 nitrogen and oxygen atoms in total. The number of thiophene rings is 1. The summed E-state index contributed by atoms with van der Waals surface area (Å²) in [6.45, 7) is 2.02. The maximum Gasteiger partial charge on any atom is 0.416 e. The van der Waals surface area contributed by atoms with Crippen LogP contribution in [0.3, 0.4) is 0 Å². The molecule has 0 aliphatic carbocycles. The molecular formula is C16H11F3S. The van der Waals surface area contributed by atoms with E-state index >= 15 is 0 Å². The van der Waals surface area contributed by atoms with E-state index in [1.165, 1.54) is 17.7 Å². The molecule has 0 aliphatic heterocycles. The highest BCUT2D eigenvalue weighted by Gasteiger charge is 2.29. The summed E-state index contributed by atoms with van der Waals surface area (Å²) < 4.78 is 38.8. The summed E-state index contributed by atoms with van der Waals surface area (Å²) in [5.74, 6) is 0. The minimum Gasteiger partial charge on any atom is -0.166 e. The normalized spacial score (nSPS) is 12.0. The highest BCUT2D eigenvalue weighted by atomic mass is 32.1. The molecule has 0 N–H and O–H groups in total. The van der Waals surface area contributed by atoms with Crippen molar-refractivity contribution in [3.05, 3.63) is 59.7 Å². The van der Waals surface area contributed by atoms with Crippen LogP contribution in [0.15, 0.2) is 48.5 Å². The fourth-order valence-electron chi connectivity index (χ4n) is 2.10. The first-order valence-corrected chi connectivity index (χ1v) is 6.93. The van der Waals surface area contributed by atoms with Gasteiger partial charge in [0.05, 0.1) is 5.56 Å². The number of halogens is 3. The number of hydrogen-bond donors (Lipinski definition) is 0. The van der Waals surface area contributed by atoms with Crippen molar-refractivity contribution in [3.8, 4) is 10.4 Å². The van der Waals surface area contributed by atoms with Gasteiger partial charge in [-0.15, -0.1) is 11.3 Å². The van der Waals surface area contributed by atoms with E-state index in [1.807, 2.05) is 25.1 Å². The van der Waals surface area contributed by atoms with Crippen molar-refractivity contribution < 1.29 is 13.2 Å². The first kappa shape index (κ1) is 13.2. The summed E-state index contributed by atoms with van der Waals surface area (Å²) in [5.41, 5.74) is 1.38. The standard InChI is InChI=1S/C16H11F3S/c1-10-2-3-12-9-15(20-14(12)8-10)11-4-6-13(7-5-11)16(17,18)19/h2-9H,1H3. The van der Waals surface area contributed by atoms with Gasteiger partial charge in [-0.1, -0.05) is 24.3 Å². The number of hydrogen-bond acceptors (Lipinski definition) is 1. The molecule has 0 amide bonds. The maximum absolute atomic E-state index is 12.5.